The lowest BCUT2D eigenvalue weighted by Crippen LogP contribution is -2.28. The van der Waals surface area contributed by atoms with E-state index in [2.05, 4.69) is 32.1 Å². The third-order valence-corrected chi connectivity index (χ3v) is 3.59. The Morgan fingerprint density at radius 1 is 1.44 bits per heavy atom. The van der Waals surface area contributed by atoms with Crippen molar-refractivity contribution in [3.63, 3.8) is 0 Å². The topological polar surface area (TPSA) is 27.1 Å². The summed E-state index contributed by atoms with van der Waals surface area (Å²) in [5.74, 6) is 1.51. The van der Waals surface area contributed by atoms with Gasteiger partial charge in [0, 0.05) is 18.8 Å². The van der Waals surface area contributed by atoms with E-state index < -0.39 is 0 Å². The molecule has 2 heterocycles. The van der Waals surface area contributed by atoms with Crippen LogP contribution in [0, 0.1) is 11.8 Å². The van der Waals surface area contributed by atoms with Gasteiger partial charge in [-0.25, -0.2) is 0 Å². The van der Waals surface area contributed by atoms with Crippen molar-refractivity contribution >= 4 is 0 Å². The predicted octanol–water partition coefficient (Wildman–Crippen LogP) is 2.93. The molecular weight excluding hydrogens is 200 g/mol. The zero-order chi connectivity index (χ0) is 11.7. The van der Waals surface area contributed by atoms with Crippen LogP contribution < -0.4 is 0 Å². The molecule has 1 aliphatic heterocycles. The number of nitrogens with zero attached hydrogens (tertiary/aromatic N) is 2. The van der Waals surface area contributed by atoms with Gasteiger partial charge < -0.3 is 4.74 Å². The summed E-state index contributed by atoms with van der Waals surface area (Å²) in [6.45, 7) is 6.80. The summed E-state index contributed by atoms with van der Waals surface area (Å²) in [6, 6.07) is 0. The summed E-state index contributed by atoms with van der Waals surface area (Å²) in [5.41, 5.74) is 1.22. The maximum Gasteiger partial charge on any atom is 0.0861 e. The lowest BCUT2D eigenvalue weighted by Gasteiger charge is -2.35. The molecule has 0 bridgehead atoms. The summed E-state index contributed by atoms with van der Waals surface area (Å²) in [5, 5.41) is 4.22. The minimum Gasteiger partial charge on any atom is -0.370 e. The second-order valence-corrected chi connectivity index (χ2v) is 5.36. The highest BCUT2D eigenvalue weighted by atomic mass is 16.5. The Hall–Kier alpha value is -0.830. The van der Waals surface area contributed by atoms with Crippen LogP contribution in [0.4, 0.5) is 0 Å². The van der Waals surface area contributed by atoms with Gasteiger partial charge in [-0.05, 0) is 31.6 Å². The van der Waals surface area contributed by atoms with Crippen molar-refractivity contribution in [2.45, 2.75) is 45.8 Å². The van der Waals surface area contributed by atoms with E-state index in [1.807, 2.05) is 17.9 Å². The van der Waals surface area contributed by atoms with Crippen LogP contribution in [0.1, 0.15) is 45.3 Å². The number of hydrogen-bond acceptors (Lipinski definition) is 2. The molecule has 0 aliphatic carbocycles. The molecule has 1 aromatic heterocycles. The van der Waals surface area contributed by atoms with Gasteiger partial charge in [0.25, 0.3) is 0 Å². The van der Waals surface area contributed by atoms with Gasteiger partial charge in [-0.15, -0.1) is 0 Å². The molecule has 0 saturated carbocycles. The van der Waals surface area contributed by atoms with Gasteiger partial charge >= 0.3 is 0 Å². The average molecular weight is 222 g/mol. The van der Waals surface area contributed by atoms with Crippen molar-refractivity contribution in [2.75, 3.05) is 0 Å². The predicted molar refractivity (Wildman–Crippen MR) is 64.1 cm³/mol. The Morgan fingerprint density at radius 2 is 2.19 bits per heavy atom. The number of aryl methyl sites for hydroxylation is 1. The Labute approximate surface area is 97.8 Å². The first kappa shape index (κ1) is 11.6. The van der Waals surface area contributed by atoms with Crippen molar-refractivity contribution in [1.82, 2.24) is 9.78 Å². The van der Waals surface area contributed by atoms with Crippen LogP contribution in [0.5, 0.6) is 0 Å². The molecule has 0 radical (unpaired) electrons. The molecule has 0 amide bonds. The van der Waals surface area contributed by atoms with Crippen LogP contribution in [0.25, 0.3) is 0 Å². The molecule has 3 nitrogen and oxygen atoms in total. The van der Waals surface area contributed by atoms with Crippen LogP contribution >= 0.6 is 0 Å². The molecule has 1 aromatic rings. The quantitative estimate of drug-likeness (QED) is 0.769. The SMILES string of the molecule is CC(C)[C@H]1C[C@@H](C)O[C@@H](c2cnn(C)c2)C1. The molecule has 0 N–H and O–H groups in total. The summed E-state index contributed by atoms with van der Waals surface area (Å²) < 4.78 is 7.86. The first-order valence-electron chi connectivity index (χ1n) is 6.20. The highest BCUT2D eigenvalue weighted by Crippen LogP contribution is 2.37. The molecule has 0 spiro atoms. The second kappa shape index (κ2) is 4.58. The minimum absolute atomic E-state index is 0.241. The van der Waals surface area contributed by atoms with Gasteiger partial charge in [-0.2, -0.15) is 5.10 Å². The monoisotopic (exact) mass is 222 g/mol. The van der Waals surface area contributed by atoms with E-state index in [1.54, 1.807) is 0 Å². The largest absolute Gasteiger partial charge is 0.370 e. The smallest absolute Gasteiger partial charge is 0.0861 e. The molecule has 1 fully saturated rings. The van der Waals surface area contributed by atoms with Crippen LogP contribution in [0.15, 0.2) is 12.4 Å². The first-order valence-corrected chi connectivity index (χ1v) is 6.20. The van der Waals surface area contributed by atoms with Crippen LogP contribution in [-0.4, -0.2) is 15.9 Å². The van der Waals surface area contributed by atoms with Crippen molar-refractivity contribution in [1.29, 1.82) is 0 Å². The highest BCUT2D eigenvalue weighted by molar-refractivity contribution is 5.09. The zero-order valence-corrected chi connectivity index (χ0v) is 10.7. The van der Waals surface area contributed by atoms with Crippen LogP contribution in [0.2, 0.25) is 0 Å². The third-order valence-electron chi connectivity index (χ3n) is 3.59. The van der Waals surface area contributed by atoms with Crippen LogP contribution in [-0.2, 0) is 11.8 Å². The van der Waals surface area contributed by atoms with Crippen molar-refractivity contribution < 1.29 is 4.74 Å². The lowest BCUT2D eigenvalue weighted by atomic mass is 9.82. The molecule has 0 aromatic carbocycles. The number of rotatable bonds is 2. The summed E-state index contributed by atoms with van der Waals surface area (Å²) in [4.78, 5) is 0. The Kier molecular flexibility index (Phi) is 3.33. The average Bonchev–Trinajstić information content (AvgIpc) is 2.64. The fourth-order valence-corrected chi connectivity index (χ4v) is 2.55. The Morgan fingerprint density at radius 3 is 2.75 bits per heavy atom. The third kappa shape index (κ3) is 2.46. The van der Waals surface area contributed by atoms with Gasteiger partial charge in [-0.1, -0.05) is 13.8 Å². The van der Waals surface area contributed by atoms with E-state index in [0.29, 0.717) is 6.10 Å². The second-order valence-electron chi connectivity index (χ2n) is 5.36. The van der Waals surface area contributed by atoms with Gasteiger partial charge in [-0.3, -0.25) is 4.68 Å². The maximum atomic E-state index is 6.01. The van der Waals surface area contributed by atoms with E-state index in [-0.39, 0.29) is 6.10 Å². The molecule has 2 rings (SSSR count). The first-order chi connectivity index (χ1) is 7.56. The van der Waals surface area contributed by atoms with E-state index in [1.165, 1.54) is 12.0 Å². The standard InChI is InChI=1S/C13H22N2O/c1-9(2)11-5-10(3)16-13(6-11)12-7-14-15(4)8-12/h7-11,13H,5-6H2,1-4H3/t10-,11+,13-/m1/s1. The lowest BCUT2D eigenvalue weighted by molar-refractivity contribution is -0.0720. The number of ether oxygens (including phenoxy) is 1. The van der Waals surface area contributed by atoms with Crippen molar-refractivity contribution in [2.24, 2.45) is 18.9 Å². The molecule has 16 heavy (non-hydrogen) atoms. The summed E-state index contributed by atoms with van der Waals surface area (Å²) in [6.07, 6.45) is 6.93. The van der Waals surface area contributed by atoms with Gasteiger partial charge in [0.2, 0.25) is 0 Å². The van der Waals surface area contributed by atoms with E-state index in [9.17, 15) is 0 Å². The normalized spacial score (nSPS) is 30.9. The molecule has 0 unspecified atom stereocenters. The molecule has 1 saturated heterocycles. The Balaban J connectivity index is 2.10. The highest BCUT2D eigenvalue weighted by Gasteiger charge is 2.30. The molecule has 90 valence electrons. The van der Waals surface area contributed by atoms with E-state index in [4.69, 9.17) is 4.74 Å². The van der Waals surface area contributed by atoms with E-state index in [0.717, 1.165) is 18.3 Å². The fourth-order valence-electron chi connectivity index (χ4n) is 2.55. The number of aromatic nitrogens is 2. The van der Waals surface area contributed by atoms with Crippen molar-refractivity contribution in [3.05, 3.63) is 18.0 Å². The van der Waals surface area contributed by atoms with Crippen molar-refractivity contribution in [3.8, 4) is 0 Å². The molecule has 3 heteroatoms. The zero-order valence-electron chi connectivity index (χ0n) is 10.7. The summed E-state index contributed by atoms with van der Waals surface area (Å²) in [7, 11) is 1.95. The van der Waals surface area contributed by atoms with Crippen LogP contribution in [0.3, 0.4) is 0 Å². The summed E-state index contributed by atoms with van der Waals surface area (Å²) >= 11 is 0. The number of hydrogen-bond donors (Lipinski definition) is 0. The minimum atomic E-state index is 0.241. The molecule has 3 atom stereocenters. The van der Waals surface area contributed by atoms with Gasteiger partial charge in [0.15, 0.2) is 0 Å². The van der Waals surface area contributed by atoms with Gasteiger partial charge in [0.05, 0.1) is 18.4 Å². The van der Waals surface area contributed by atoms with E-state index >= 15 is 0 Å². The molecular formula is C13H22N2O. The maximum absolute atomic E-state index is 6.01. The molecule has 1 aliphatic rings. The Bertz CT molecular complexity index is 345. The van der Waals surface area contributed by atoms with Gasteiger partial charge in [0.1, 0.15) is 0 Å². The fraction of sp³-hybridized carbons (Fsp3) is 0.769.